The molecule has 0 aliphatic heterocycles. The van der Waals surface area contributed by atoms with Gasteiger partial charge in [-0.25, -0.2) is 4.39 Å². The number of hydrogen-bond donors (Lipinski definition) is 1. The maximum atomic E-state index is 13.9. The molecule has 0 unspecified atom stereocenters. The number of hydrogen-bond acceptors (Lipinski definition) is 3. The van der Waals surface area contributed by atoms with Gasteiger partial charge >= 0.3 is 0 Å². The predicted octanol–water partition coefficient (Wildman–Crippen LogP) is 3.14. The van der Waals surface area contributed by atoms with Crippen LogP contribution in [0.5, 0.6) is 5.75 Å². The van der Waals surface area contributed by atoms with E-state index in [0.717, 1.165) is 18.0 Å². The van der Waals surface area contributed by atoms with Gasteiger partial charge in [0.25, 0.3) is 0 Å². The van der Waals surface area contributed by atoms with Crippen molar-refractivity contribution in [3.8, 4) is 5.75 Å². The van der Waals surface area contributed by atoms with Crippen molar-refractivity contribution < 1.29 is 13.9 Å². The van der Waals surface area contributed by atoms with Crippen LogP contribution in [0, 0.1) is 17.7 Å². The van der Waals surface area contributed by atoms with Gasteiger partial charge < -0.3 is 10.1 Å². The fourth-order valence-electron chi connectivity index (χ4n) is 2.44. The number of nitrogens with one attached hydrogen (secondary N) is 1. The molecule has 0 radical (unpaired) electrons. The van der Waals surface area contributed by atoms with E-state index >= 15 is 0 Å². The van der Waals surface area contributed by atoms with Crippen LogP contribution in [-0.2, 0) is 4.79 Å². The molecule has 1 N–H and O–H groups in total. The highest BCUT2D eigenvalue weighted by Crippen LogP contribution is 2.29. The van der Waals surface area contributed by atoms with Gasteiger partial charge in [-0.2, -0.15) is 0 Å². The van der Waals surface area contributed by atoms with Gasteiger partial charge in [0.15, 0.2) is 11.6 Å². The molecule has 116 valence electrons. The van der Waals surface area contributed by atoms with Crippen molar-refractivity contribution in [3.05, 3.63) is 29.6 Å². The monoisotopic (exact) mass is 293 g/mol. The molecule has 0 saturated heterocycles. The topological polar surface area (TPSA) is 38.3 Å². The SMILES string of the molecule is COc1ccc([C@@H](CNCC2CC2)C(=O)C(C)C)cc1F. The van der Waals surface area contributed by atoms with E-state index in [1.807, 2.05) is 13.8 Å². The lowest BCUT2D eigenvalue weighted by Crippen LogP contribution is -2.30. The summed E-state index contributed by atoms with van der Waals surface area (Å²) >= 11 is 0. The Morgan fingerprint density at radius 2 is 2.14 bits per heavy atom. The first-order chi connectivity index (χ1) is 10.0. The van der Waals surface area contributed by atoms with Crippen molar-refractivity contribution >= 4 is 5.78 Å². The molecule has 1 aromatic carbocycles. The minimum Gasteiger partial charge on any atom is -0.494 e. The second kappa shape index (κ2) is 7.03. The quantitative estimate of drug-likeness (QED) is 0.800. The molecule has 1 aliphatic carbocycles. The first-order valence-electron chi connectivity index (χ1n) is 7.60. The minimum absolute atomic E-state index is 0.0668. The average molecular weight is 293 g/mol. The standard InChI is InChI=1S/C17H24FNO2/c1-11(2)17(20)14(10-19-9-12-4-5-12)13-6-7-16(21-3)15(18)8-13/h6-8,11-12,14,19H,4-5,9-10H2,1-3H3/t14-/m1/s1. The summed E-state index contributed by atoms with van der Waals surface area (Å²) in [5, 5.41) is 3.36. The van der Waals surface area contributed by atoms with Crippen LogP contribution in [0.25, 0.3) is 0 Å². The number of carbonyl (C=O) groups excluding carboxylic acids is 1. The number of halogens is 1. The van der Waals surface area contributed by atoms with Crippen LogP contribution in [0.2, 0.25) is 0 Å². The van der Waals surface area contributed by atoms with Crippen LogP contribution < -0.4 is 10.1 Å². The van der Waals surface area contributed by atoms with Crippen LogP contribution in [0.4, 0.5) is 4.39 Å². The summed E-state index contributed by atoms with van der Waals surface area (Å²) in [5.74, 6) is 0.321. The maximum absolute atomic E-state index is 13.9. The zero-order chi connectivity index (χ0) is 15.4. The minimum atomic E-state index is -0.418. The number of ketones is 1. The second-order valence-electron chi connectivity index (χ2n) is 6.11. The van der Waals surface area contributed by atoms with Crippen LogP contribution >= 0.6 is 0 Å². The Hall–Kier alpha value is -1.42. The summed E-state index contributed by atoms with van der Waals surface area (Å²) in [6.07, 6.45) is 2.54. The number of methoxy groups -OCH3 is 1. The molecule has 1 aromatic rings. The lowest BCUT2D eigenvalue weighted by atomic mass is 9.88. The van der Waals surface area contributed by atoms with Crippen molar-refractivity contribution in [1.29, 1.82) is 0 Å². The zero-order valence-electron chi connectivity index (χ0n) is 13.0. The Bertz CT molecular complexity index is 498. The molecule has 1 atom stereocenters. The van der Waals surface area contributed by atoms with E-state index in [2.05, 4.69) is 5.32 Å². The number of ether oxygens (including phenoxy) is 1. The van der Waals surface area contributed by atoms with Gasteiger partial charge in [-0.3, -0.25) is 4.79 Å². The van der Waals surface area contributed by atoms with Gasteiger partial charge in [-0.1, -0.05) is 19.9 Å². The largest absolute Gasteiger partial charge is 0.494 e. The second-order valence-corrected chi connectivity index (χ2v) is 6.11. The molecule has 1 aliphatic rings. The lowest BCUT2D eigenvalue weighted by molar-refractivity contribution is -0.123. The highest BCUT2D eigenvalue weighted by molar-refractivity contribution is 5.87. The van der Waals surface area contributed by atoms with Crippen LogP contribution in [0.1, 0.15) is 38.2 Å². The van der Waals surface area contributed by atoms with E-state index in [4.69, 9.17) is 4.74 Å². The smallest absolute Gasteiger partial charge is 0.165 e. The van der Waals surface area contributed by atoms with E-state index in [1.54, 1.807) is 12.1 Å². The van der Waals surface area contributed by atoms with Crippen molar-refractivity contribution in [2.24, 2.45) is 11.8 Å². The van der Waals surface area contributed by atoms with Gasteiger partial charge in [-0.05, 0) is 43.0 Å². The molecule has 1 saturated carbocycles. The fourth-order valence-corrected chi connectivity index (χ4v) is 2.44. The molecule has 21 heavy (non-hydrogen) atoms. The molecule has 0 amide bonds. The number of carbonyl (C=O) groups is 1. The Labute approximate surface area is 125 Å². The molecule has 2 rings (SSSR count). The highest BCUT2D eigenvalue weighted by Gasteiger charge is 2.26. The molecule has 4 heteroatoms. The van der Waals surface area contributed by atoms with E-state index < -0.39 is 5.82 Å². The molecule has 0 bridgehead atoms. The van der Waals surface area contributed by atoms with Crippen LogP contribution in [0.15, 0.2) is 18.2 Å². The highest BCUT2D eigenvalue weighted by atomic mass is 19.1. The Morgan fingerprint density at radius 3 is 2.67 bits per heavy atom. The maximum Gasteiger partial charge on any atom is 0.165 e. The van der Waals surface area contributed by atoms with Crippen LogP contribution in [-0.4, -0.2) is 26.0 Å². The van der Waals surface area contributed by atoms with Gasteiger partial charge in [0.1, 0.15) is 5.78 Å². The summed E-state index contributed by atoms with van der Waals surface area (Å²) in [4.78, 5) is 12.4. The molecular weight excluding hydrogens is 269 g/mol. The van der Waals surface area contributed by atoms with Crippen LogP contribution in [0.3, 0.4) is 0 Å². The normalized spacial score (nSPS) is 16.0. The van der Waals surface area contributed by atoms with Crippen molar-refractivity contribution in [2.75, 3.05) is 20.2 Å². The Balaban J connectivity index is 2.12. The van der Waals surface area contributed by atoms with Crippen molar-refractivity contribution in [2.45, 2.75) is 32.6 Å². The molecule has 3 nitrogen and oxygen atoms in total. The third kappa shape index (κ3) is 4.27. The molecule has 0 heterocycles. The Morgan fingerprint density at radius 1 is 1.43 bits per heavy atom. The molecule has 1 fully saturated rings. The van der Waals surface area contributed by atoms with E-state index in [-0.39, 0.29) is 23.4 Å². The third-order valence-electron chi connectivity index (χ3n) is 3.97. The van der Waals surface area contributed by atoms with E-state index in [1.165, 1.54) is 26.0 Å². The fraction of sp³-hybridized carbons (Fsp3) is 0.588. The summed E-state index contributed by atoms with van der Waals surface area (Å²) < 4.78 is 18.8. The summed E-state index contributed by atoms with van der Waals surface area (Å²) in [5.41, 5.74) is 0.718. The lowest BCUT2D eigenvalue weighted by Gasteiger charge is -2.19. The number of benzene rings is 1. The van der Waals surface area contributed by atoms with Gasteiger partial charge in [0, 0.05) is 12.5 Å². The van der Waals surface area contributed by atoms with Crippen molar-refractivity contribution in [3.63, 3.8) is 0 Å². The number of rotatable bonds is 8. The summed E-state index contributed by atoms with van der Waals surface area (Å²) in [6.45, 7) is 5.28. The predicted molar refractivity (Wildman–Crippen MR) is 81.1 cm³/mol. The van der Waals surface area contributed by atoms with Gasteiger partial charge in [0.2, 0.25) is 0 Å². The summed E-state index contributed by atoms with van der Waals surface area (Å²) in [6, 6.07) is 4.79. The van der Waals surface area contributed by atoms with Crippen molar-refractivity contribution in [1.82, 2.24) is 5.32 Å². The third-order valence-corrected chi connectivity index (χ3v) is 3.97. The molecule has 0 spiro atoms. The number of Topliss-reactive ketones (excluding diaryl/α,β-unsaturated/α-hetero) is 1. The molecule has 0 aromatic heterocycles. The molecular formula is C17H24FNO2. The average Bonchev–Trinajstić information content (AvgIpc) is 3.27. The Kier molecular flexibility index (Phi) is 5.34. The van der Waals surface area contributed by atoms with E-state index in [9.17, 15) is 9.18 Å². The zero-order valence-corrected chi connectivity index (χ0v) is 13.0. The first kappa shape index (κ1) is 16.0. The van der Waals surface area contributed by atoms with Gasteiger partial charge in [0.05, 0.1) is 13.0 Å². The first-order valence-corrected chi connectivity index (χ1v) is 7.60. The van der Waals surface area contributed by atoms with E-state index in [0.29, 0.717) is 6.54 Å². The van der Waals surface area contributed by atoms with Gasteiger partial charge in [-0.15, -0.1) is 0 Å². The summed E-state index contributed by atoms with van der Waals surface area (Å²) in [7, 11) is 1.44.